The molecular formula is C21H24N4O4. The van der Waals surface area contributed by atoms with Crippen molar-refractivity contribution in [1.82, 2.24) is 4.90 Å². The third kappa shape index (κ3) is 5.04. The van der Waals surface area contributed by atoms with Crippen LogP contribution in [-0.4, -0.2) is 55.9 Å². The maximum absolute atomic E-state index is 12.5. The molecule has 0 aliphatic carbocycles. The number of anilines is 3. The van der Waals surface area contributed by atoms with Gasteiger partial charge in [0.15, 0.2) is 0 Å². The summed E-state index contributed by atoms with van der Waals surface area (Å²) in [4.78, 5) is 39.7. The van der Waals surface area contributed by atoms with Gasteiger partial charge < -0.3 is 25.2 Å². The van der Waals surface area contributed by atoms with Gasteiger partial charge in [0, 0.05) is 44.5 Å². The van der Waals surface area contributed by atoms with Gasteiger partial charge in [0.2, 0.25) is 5.91 Å². The smallest absolute Gasteiger partial charge is 0.313 e. The molecule has 0 radical (unpaired) electrons. The van der Waals surface area contributed by atoms with E-state index in [9.17, 15) is 14.4 Å². The van der Waals surface area contributed by atoms with Gasteiger partial charge in [-0.15, -0.1) is 0 Å². The Labute approximate surface area is 169 Å². The highest BCUT2D eigenvalue weighted by atomic mass is 16.5. The van der Waals surface area contributed by atoms with Crippen molar-refractivity contribution < 1.29 is 19.1 Å². The second kappa shape index (κ2) is 9.09. The van der Waals surface area contributed by atoms with Crippen LogP contribution in [0.4, 0.5) is 17.1 Å². The molecule has 29 heavy (non-hydrogen) atoms. The van der Waals surface area contributed by atoms with Crippen LogP contribution in [-0.2, 0) is 14.4 Å². The Morgan fingerprint density at radius 1 is 0.897 bits per heavy atom. The minimum atomic E-state index is -0.698. The van der Waals surface area contributed by atoms with Crippen molar-refractivity contribution in [3.8, 4) is 5.75 Å². The van der Waals surface area contributed by atoms with Crippen LogP contribution in [0.15, 0.2) is 48.5 Å². The quantitative estimate of drug-likeness (QED) is 0.771. The zero-order valence-electron chi connectivity index (χ0n) is 16.5. The molecule has 1 fully saturated rings. The van der Waals surface area contributed by atoms with Gasteiger partial charge in [-0.3, -0.25) is 14.4 Å². The van der Waals surface area contributed by atoms with E-state index in [0.717, 1.165) is 11.4 Å². The monoisotopic (exact) mass is 396 g/mol. The second-order valence-electron chi connectivity index (χ2n) is 6.67. The number of nitrogens with one attached hydrogen (secondary N) is 2. The van der Waals surface area contributed by atoms with Crippen LogP contribution in [0.3, 0.4) is 0 Å². The first-order valence-electron chi connectivity index (χ1n) is 9.34. The largest absolute Gasteiger partial charge is 0.495 e. The topological polar surface area (TPSA) is 91.0 Å². The Bertz CT molecular complexity index is 907. The number of carbonyl (C=O) groups excluding carboxylic acids is 3. The van der Waals surface area contributed by atoms with E-state index >= 15 is 0 Å². The number of piperazine rings is 1. The number of rotatable bonds is 4. The highest BCUT2D eigenvalue weighted by molar-refractivity contribution is 6.39. The van der Waals surface area contributed by atoms with E-state index < -0.39 is 11.8 Å². The van der Waals surface area contributed by atoms with Crippen LogP contribution in [0.5, 0.6) is 5.75 Å². The number of methoxy groups -OCH3 is 1. The van der Waals surface area contributed by atoms with Crippen molar-refractivity contribution >= 4 is 34.8 Å². The summed E-state index contributed by atoms with van der Waals surface area (Å²) in [7, 11) is 1.63. The fourth-order valence-electron chi connectivity index (χ4n) is 3.25. The highest BCUT2D eigenvalue weighted by Gasteiger charge is 2.27. The average molecular weight is 396 g/mol. The molecule has 0 bridgehead atoms. The lowest BCUT2D eigenvalue weighted by Gasteiger charge is -2.36. The van der Waals surface area contributed by atoms with Crippen molar-refractivity contribution in [2.45, 2.75) is 6.92 Å². The zero-order valence-corrected chi connectivity index (χ0v) is 16.5. The Morgan fingerprint density at radius 2 is 1.55 bits per heavy atom. The molecule has 3 amide bonds. The summed E-state index contributed by atoms with van der Waals surface area (Å²) in [5, 5.41) is 5.24. The zero-order chi connectivity index (χ0) is 20.8. The Morgan fingerprint density at radius 3 is 2.21 bits per heavy atom. The van der Waals surface area contributed by atoms with Crippen molar-refractivity contribution in [3.05, 3.63) is 48.5 Å². The van der Waals surface area contributed by atoms with E-state index in [0.29, 0.717) is 37.6 Å². The molecule has 0 atom stereocenters. The van der Waals surface area contributed by atoms with Crippen LogP contribution in [0, 0.1) is 0 Å². The predicted octanol–water partition coefficient (Wildman–Crippen LogP) is 1.94. The van der Waals surface area contributed by atoms with E-state index in [1.165, 1.54) is 6.92 Å². The predicted molar refractivity (Wildman–Crippen MR) is 111 cm³/mol. The van der Waals surface area contributed by atoms with E-state index in [2.05, 4.69) is 15.5 Å². The van der Waals surface area contributed by atoms with Gasteiger partial charge >= 0.3 is 11.8 Å². The minimum absolute atomic E-state index is 0.211. The van der Waals surface area contributed by atoms with Crippen molar-refractivity contribution in [1.29, 1.82) is 0 Å². The van der Waals surface area contributed by atoms with Crippen LogP contribution in [0.1, 0.15) is 6.92 Å². The lowest BCUT2D eigenvalue weighted by atomic mass is 10.2. The number of hydrogen-bond acceptors (Lipinski definition) is 5. The molecule has 0 aromatic heterocycles. The van der Waals surface area contributed by atoms with Gasteiger partial charge in [-0.1, -0.05) is 18.2 Å². The first kappa shape index (κ1) is 20.2. The maximum Gasteiger partial charge on any atom is 0.313 e. The summed E-state index contributed by atoms with van der Waals surface area (Å²) >= 11 is 0. The van der Waals surface area contributed by atoms with Crippen LogP contribution in [0.25, 0.3) is 0 Å². The molecule has 8 nitrogen and oxygen atoms in total. The molecule has 0 unspecified atom stereocenters. The van der Waals surface area contributed by atoms with Gasteiger partial charge in [-0.25, -0.2) is 0 Å². The molecular weight excluding hydrogens is 372 g/mol. The van der Waals surface area contributed by atoms with Gasteiger partial charge in [-0.2, -0.15) is 0 Å². The van der Waals surface area contributed by atoms with E-state index in [-0.39, 0.29) is 5.91 Å². The molecule has 1 aliphatic heterocycles. The molecule has 0 saturated carbocycles. The Hall–Kier alpha value is -3.55. The highest BCUT2D eigenvalue weighted by Crippen LogP contribution is 2.28. The summed E-state index contributed by atoms with van der Waals surface area (Å²) in [5.74, 6) is -0.702. The SMILES string of the molecule is COc1ccccc1N1CCN(C(=O)C(=O)Nc2cccc(NC(C)=O)c2)CC1. The molecule has 3 rings (SSSR count). The number of amides is 3. The van der Waals surface area contributed by atoms with Gasteiger partial charge in [0.25, 0.3) is 0 Å². The van der Waals surface area contributed by atoms with Crippen molar-refractivity contribution in [2.75, 3.05) is 48.8 Å². The van der Waals surface area contributed by atoms with Gasteiger partial charge in [0.1, 0.15) is 5.75 Å². The van der Waals surface area contributed by atoms with E-state index in [4.69, 9.17) is 4.74 Å². The molecule has 2 N–H and O–H groups in total. The number of ether oxygens (including phenoxy) is 1. The molecule has 1 heterocycles. The van der Waals surface area contributed by atoms with Crippen molar-refractivity contribution in [3.63, 3.8) is 0 Å². The number of carbonyl (C=O) groups is 3. The first-order valence-corrected chi connectivity index (χ1v) is 9.34. The molecule has 2 aromatic rings. The van der Waals surface area contributed by atoms with Crippen LogP contribution in [0.2, 0.25) is 0 Å². The number of hydrogen-bond donors (Lipinski definition) is 2. The van der Waals surface area contributed by atoms with Crippen LogP contribution < -0.4 is 20.3 Å². The van der Waals surface area contributed by atoms with E-state index in [1.807, 2.05) is 24.3 Å². The molecule has 0 spiro atoms. The molecule has 1 aliphatic rings. The number of para-hydroxylation sites is 2. The minimum Gasteiger partial charge on any atom is -0.495 e. The Balaban J connectivity index is 1.58. The standard InChI is InChI=1S/C21H24N4O4/c1-15(26)22-16-6-5-7-17(14-16)23-20(27)21(28)25-12-10-24(11-13-25)18-8-3-4-9-19(18)29-2/h3-9,14H,10-13H2,1-2H3,(H,22,26)(H,23,27). The second-order valence-corrected chi connectivity index (χ2v) is 6.67. The summed E-state index contributed by atoms with van der Waals surface area (Å²) in [6.07, 6.45) is 0. The van der Waals surface area contributed by atoms with Crippen molar-refractivity contribution in [2.24, 2.45) is 0 Å². The summed E-state index contributed by atoms with van der Waals surface area (Å²) in [5.41, 5.74) is 1.97. The molecule has 2 aromatic carbocycles. The summed E-state index contributed by atoms with van der Waals surface area (Å²) in [6, 6.07) is 14.4. The van der Waals surface area contributed by atoms with Gasteiger partial charge in [0.05, 0.1) is 12.8 Å². The third-order valence-corrected chi connectivity index (χ3v) is 4.63. The Kier molecular flexibility index (Phi) is 6.33. The van der Waals surface area contributed by atoms with E-state index in [1.54, 1.807) is 36.3 Å². The molecule has 1 saturated heterocycles. The fraction of sp³-hybridized carbons (Fsp3) is 0.286. The fourth-order valence-corrected chi connectivity index (χ4v) is 3.25. The van der Waals surface area contributed by atoms with Gasteiger partial charge in [-0.05, 0) is 30.3 Å². The van der Waals surface area contributed by atoms with Crippen LogP contribution >= 0.6 is 0 Å². The summed E-state index contributed by atoms with van der Waals surface area (Å²) in [6.45, 7) is 3.50. The normalized spacial score (nSPS) is 13.6. The number of nitrogens with zero attached hydrogens (tertiary/aromatic N) is 2. The third-order valence-electron chi connectivity index (χ3n) is 4.63. The summed E-state index contributed by atoms with van der Waals surface area (Å²) < 4.78 is 5.40. The lowest BCUT2D eigenvalue weighted by molar-refractivity contribution is -0.143. The lowest BCUT2D eigenvalue weighted by Crippen LogP contribution is -2.51. The molecule has 152 valence electrons. The average Bonchev–Trinajstić information content (AvgIpc) is 2.73. The number of benzene rings is 2. The molecule has 8 heteroatoms. The maximum atomic E-state index is 12.5. The first-order chi connectivity index (χ1) is 14.0.